The van der Waals surface area contributed by atoms with Gasteiger partial charge in [-0.2, -0.15) is 0 Å². The van der Waals surface area contributed by atoms with Gasteiger partial charge in [-0.25, -0.2) is 0 Å². The van der Waals surface area contributed by atoms with Crippen LogP contribution in [0.1, 0.15) is 22.5 Å². The Morgan fingerprint density at radius 2 is 1.69 bits per heavy atom. The Bertz CT molecular complexity index is 904. The van der Waals surface area contributed by atoms with Crippen molar-refractivity contribution < 1.29 is 9.59 Å². The lowest BCUT2D eigenvalue weighted by Gasteiger charge is -2.33. The van der Waals surface area contributed by atoms with Crippen LogP contribution < -0.4 is 5.32 Å². The first-order valence-corrected chi connectivity index (χ1v) is 10.0. The lowest BCUT2D eigenvalue weighted by Crippen LogP contribution is -2.50. The van der Waals surface area contributed by atoms with Crippen LogP contribution in [0.25, 0.3) is 11.8 Å². The number of benzene rings is 1. The molecular weight excluding hydrogens is 364 g/mol. The Morgan fingerprint density at radius 1 is 1.03 bits per heavy atom. The second-order valence-electron chi connectivity index (χ2n) is 7.61. The van der Waals surface area contributed by atoms with E-state index in [-0.39, 0.29) is 11.8 Å². The van der Waals surface area contributed by atoms with Crippen molar-refractivity contribution in [2.75, 3.05) is 39.8 Å². The smallest absolute Gasteiger partial charge is 0.246 e. The second kappa shape index (κ2) is 9.09. The van der Waals surface area contributed by atoms with Crippen molar-refractivity contribution in [2.45, 2.75) is 20.8 Å². The van der Waals surface area contributed by atoms with Gasteiger partial charge >= 0.3 is 0 Å². The largest absolute Gasteiger partial charge is 0.358 e. The lowest BCUT2D eigenvalue weighted by atomic mass is 10.2. The molecular formula is C23H30N4O2. The predicted octanol–water partition coefficient (Wildman–Crippen LogP) is 2.31. The average Bonchev–Trinajstić information content (AvgIpc) is 3.00. The van der Waals surface area contributed by atoms with Gasteiger partial charge in [-0.1, -0.05) is 17.7 Å². The molecule has 1 N–H and O–H groups in total. The van der Waals surface area contributed by atoms with E-state index in [1.165, 1.54) is 5.56 Å². The monoisotopic (exact) mass is 394 g/mol. The Hall–Kier alpha value is -2.86. The van der Waals surface area contributed by atoms with Gasteiger partial charge in [0.15, 0.2) is 0 Å². The van der Waals surface area contributed by atoms with E-state index in [1.807, 2.05) is 11.0 Å². The van der Waals surface area contributed by atoms with Crippen LogP contribution in [0.4, 0.5) is 0 Å². The van der Waals surface area contributed by atoms with E-state index < -0.39 is 0 Å². The molecule has 1 aliphatic rings. The van der Waals surface area contributed by atoms with Crippen molar-refractivity contribution in [3.05, 3.63) is 58.9 Å². The number of aromatic nitrogens is 1. The molecule has 0 saturated carbocycles. The third-order valence-electron chi connectivity index (χ3n) is 5.50. The van der Waals surface area contributed by atoms with Crippen molar-refractivity contribution in [2.24, 2.45) is 0 Å². The van der Waals surface area contributed by atoms with Gasteiger partial charge < -0.3 is 14.8 Å². The number of hydrogen-bond acceptors (Lipinski definition) is 3. The quantitative estimate of drug-likeness (QED) is 0.792. The van der Waals surface area contributed by atoms with Gasteiger partial charge in [0.25, 0.3) is 0 Å². The number of nitrogens with zero attached hydrogens (tertiary/aromatic N) is 3. The van der Waals surface area contributed by atoms with Gasteiger partial charge in [0.1, 0.15) is 0 Å². The molecule has 1 aromatic carbocycles. The molecule has 0 atom stereocenters. The molecule has 2 aromatic rings. The number of carbonyl (C=O) groups excluding carboxylic acids is 2. The topological polar surface area (TPSA) is 57.6 Å². The SMILES string of the molecule is CNC(=O)CN1CCN(C(=O)C=Cc2cc(C)n(-c3ccc(C)cc3)c2C)CC1. The summed E-state index contributed by atoms with van der Waals surface area (Å²) in [7, 11) is 1.64. The molecule has 0 spiro atoms. The van der Waals surface area contributed by atoms with Crippen LogP contribution in [-0.2, 0) is 9.59 Å². The van der Waals surface area contributed by atoms with Crippen LogP contribution in [0.5, 0.6) is 0 Å². The molecule has 6 heteroatoms. The molecule has 1 aliphatic heterocycles. The van der Waals surface area contributed by atoms with Crippen molar-refractivity contribution in [3.63, 3.8) is 0 Å². The third-order valence-corrected chi connectivity index (χ3v) is 5.50. The molecule has 154 valence electrons. The lowest BCUT2D eigenvalue weighted by molar-refractivity contribution is -0.128. The number of aryl methyl sites for hydroxylation is 2. The summed E-state index contributed by atoms with van der Waals surface area (Å²) in [5.41, 5.74) is 5.67. The number of carbonyl (C=O) groups is 2. The first kappa shape index (κ1) is 20.9. The zero-order chi connectivity index (χ0) is 21.0. The summed E-state index contributed by atoms with van der Waals surface area (Å²) in [5, 5.41) is 2.64. The van der Waals surface area contributed by atoms with Gasteiger partial charge in [0.05, 0.1) is 6.54 Å². The number of rotatable bonds is 5. The molecule has 1 aromatic heterocycles. The standard InChI is InChI=1S/C23H30N4O2/c1-17-5-8-21(9-6-17)27-18(2)15-20(19(27)3)7-10-23(29)26-13-11-25(12-14-26)16-22(28)24-4/h5-10,15H,11-14,16H2,1-4H3,(H,24,28). The van der Waals surface area contributed by atoms with Crippen LogP contribution in [0, 0.1) is 20.8 Å². The molecule has 0 aliphatic carbocycles. The first-order valence-electron chi connectivity index (χ1n) is 10.0. The van der Waals surface area contributed by atoms with Crippen molar-refractivity contribution in [1.82, 2.24) is 19.7 Å². The summed E-state index contributed by atoms with van der Waals surface area (Å²) in [5.74, 6) is 0.0262. The molecule has 0 bridgehead atoms. The van der Waals surface area contributed by atoms with E-state index in [0.717, 1.165) is 35.7 Å². The normalized spacial score (nSPS) is 15.1. The number of nitrogens with one attached hydrogen (secondary N) is 1. The minimum absolute atomic E-state index is 0.00797. The molecule has 1 saturated heterocycles. The predicted molar refractivity (Wildman–Crippen MR) is 116 cm³/mol. The van der Waals surface area contributed by atoms with Crippen LogP contribution in [0.3, 0.4) is 0 Å². The molecule has 3 rings (SSSR count). The fourth-order valence-corrected chi connectivity index (χ4v) is 3.72. The highest BCUT2D eigenvalue weighted by molar-refractivity contribution is 5.92. The Balaban J connectivity index is 1.65. The molecule has 0 unspecified atom stereocenters. The van der Waals surface area contributed by atoms with Gasteiger partial charge in [-0.3, -0.25) is 14.5 Å². The van der Waals surface area contributed by atoms with E-state index in [9.17, 15) is 9.59 Å². The van der Waals surface area contributed by atoms with Gasteiger partial charge in [-0.05, 0) is 50.6 Å². The minimum atomic E-state index is 0.00797. The van der Waals surface area contributed by atoms with Gasteiger partial charge in [0, 0.05) is 56.4 Å². The number of likely N-dealkylation sites (N-methyl/N-ethyl adjacent to an activating group) is 1. The fourth-order valence-electron chi connectivity index (χ4n) is 3.72. The highest BCUT2D eigenvalue weighted by atomic mass is 16.2. The maximum atomic E-state index is 12.6. The van der Waals surface area contributed by atoms with E-state index in [4.69, 9.17) is 0 Å². The second-order valence-corrected chi connectivity index (χ2v) is 7.61. The summed E-state index contributed by atoms with van der Waals surface area (Å²) in [6, 6.07) is 10.6. The fraction of sp³-hybridized carbons (Fsp3) is 0.391. The van der Waals surface area contributed by atoms with Crippen LogP contribution in [0.15, 0.2) is 36.4 Å². The van der Waals surface area contributed by atoms with E-state index in [2.05, 4.69) is 65.9 Å². The van der Waals surface area contributed by atoms with Gasteiger partial charge in [0.2, 0.25) is 11.8 Å². The maximum absolute atomic E-state index is 12.6. The van der Waals surface area contributed by atoms with E-state index in [1.54, 1.807) is 13.1 Å². The minimum Gasteiger partial charge on any atom is -0.358 e. The molecule has 2 heterocycles. The van der Waals surface area contributed by atoms with E-state index in [0.29, 0.717) is 19.6 Å². The highest BCUT2D eigenvalue weighted by Crippen LogP contribution is 2.22. The Labute approximate surface area is 172 Å². The number of amides is 2. The summed E-state index contributed by atoms with van der Waals surface area (Å²) in [4.78, 5) is 28.0. The summed E-state index contributed by atoms with van der Waals surface area (Å²) in [6.07, 6.45) is 3.57. The Kier molecular flexibility index (Phi) is 6.54. The highest BCUT2D eigenvalue weighted by Gasteiger charge is 2.21. The molecule has 0 radical (unpaired) electrons. The molecule has 6 nitrogen and oxygen atoms in total. The number of hydrogen-bond donors (Lipinski definition) is 1. The van der Waals surface area contributed by atoms with Crippen molar-refractivity contribution in [3.8, 4) is 5.69 Å². The van der Waals surface area contributed by atoms with Crippen molar-refractivity contribution in [1.29, 1.82) is 0 Å². The summed E-state index contributed by atoms with van der Waals surface area (Å²) in [6.45, 7) is 9.35. The first-order chi connectivity index (χ1) is 13.9. The van der Waals surface area contributed by atoms with Crippen LogP contribution in [-0.4, -0.2) is 66.0 Å². The Morgan fingerprint density at radius 3 is 2.31 bits per heavy atom. The molecule has 2 amide bonds. The zero-order valence-electron chi connectivity index (χ0n) is 17.7. The van der Waals surface area contributed by atoms with Crippen molar-refractivity contribution >= 4 is 17.9 Å². The van der Waals surface area contributed by atoms with E-state index >= 15 is 0 Å². The van der Waals surface area contributed by atoms with Crippen LogP contribution in [0.2, 0.25) is 0 Å². The molecule has 1 fully saturated rings. The maximum Gasteiger partial charge on any atom is 0.246 e. The summed E-state index contributed by atoms with van der Waals surface area (Å²) < 4.78 is 2.21. The van der Waals surface area contributed by atoms with Crippen LogP contribution >= 0.6 is 0 Å². The van der Waals surface area contributed by atoms with Gasteiger partial charge in [-0.15, -0.1) is 0 Å². The average molecular weight is 395 g/mol. The zero-order valence-corrected chi connectivity index (χ0v) is 17.7. The summed E-state index contributed by atoms with van der Waals surface area (Å²) >= 11 is 0. The molecule has 29 heavy (non-hydrogen) atoms. The number of piperazine rings is 1. The third kappa shape index (κ3) is 4.95.